The fourth-order valence-corrected chi connectivity index (χ4v) is 3.89. The van der Waals surface area contributed by atoms with E-state index in [1.165, 1.54) is 12.8 Å². The van der Waals surface area contributed by atoms with Crippen molar-refractivity contribution in [1.82, 2.24) is 19.4 Å². The molecule has 0 N–H and O–H groups in total. The Morgan fingerprint density at radius 3 is 2.48 bits per heavy atom. The standard InChI is InChI=1S/C21H28N4O2/c1-3-4-5-19(26)24-10-12-25(13-11-24)21(27)16-8-9-18-17(14-16)22-20(23(18)2)15-6-7-15/h8-9,14-15H,3-7,10-13H2,1-2H3. The molecular formula is C21H28N4O2. The lowest BCUT2D eigenvalue weighted by molar-refractivity contribution is -0.132. The minimum Gasteiger partial charge on any atom is -0.339 e. The van der Waals surface area contributed by atoms with E-state index in [-0.39, 0.29) is 11.8 Å². The van der Waals surface area contributed by atoms with Gasteiger partial charge in [0.25, 0.3) is 5.91 Å². The minimum absolute atomic E-state index is 0.0381. The molecule has 2 aromatic rings. The summed E-state index contributed by atoms with van der Waals surface area (Å²) in [5, 5.41) is 0. The number of rotatable bonds is 5. The third-order valence-corrected chi connectivity index (χ3v) is 5.77. The van der Waals surface area contributed by atoms with Crippen LogP contribution in [0.2, 0.25) is 0 Å². The fourth-order valence-electron chi connectivity index (χ4n) is 3.89. The Morgan fingerprint density at radius 1 is 1.11 bits per heavy atom. The van der Waals surface area contributed by atoms with Crippen LogP contribution in [0.25, 0.3) is 11.0 Å². The molecule has 1 aliphatic carbocycles. The lowest BCUT2D eigenvalue weighted by Crippen LogP contribution is -2.50. The van der Waals surface area contributed by atoms with Crippen LogP contribution in [0, 0.1) is 0 Å². The minimum atomic E-state index is 0.0381. The molecule has 0 spiro atoms. The molecule has 144 valence electrons. The van der Waals surface area contributed by atoms with Crippen molar-refractivity contribution in [3.05, 3.63) is 29.6 Å². The predicted octanol–water partition coefficient (Wildman–Crippen LogP) is 2.93. The number of fused-ring (bicyclic) bond motifs is 1. The Balaban J connectivity index is 1.43. The maximum Gasteiger partial charge on any atom is 0.254 e. The number of aromatic nitrogens is 2. The maximum absolute atomic E-state index is 12.9. The van der Waals surface area contributed by atoms with Gasteiger partial charge in [0.2, 0.25) is 5.91 Å². The van der Waals surface area contributed by atoms with Crippen LogP contribution >= 0.6 is 0 Å². The van der Waals surface area contributed by atoms with Crippen LogP contribution in [0.3, 0.4) is 0 Å². The lowest BCUT2D eigenvalue weighted by Gasteiger charge is -2.35. The lowest BCUT2D eigenvalue weighted by atomic mass is 10.1. The molecule has 1 aromatic heterocycles. The smallest absolute Gasteiger partial charge is 0.254 e. The summed E-state index contributed by atoms with van der Waals surface area (Å²) in [6.45, 7) is 4.56. The normalized spacial score (nSPS) is 17.6. The second-order valence-corrected chi connectivity index (χ2v) is 7.78. The average molecular weight is 368 g/mol. The Labute approximate surface area is 160 Å². The summed E-state index contributed by atoms with van der Waals surface area (Å²) in [4.78, 5) is 33.6. The van der Waals surface area contributed by atoms with Gasteiger partial charge in [-0.2, -0.15) is 0 Å². The van der Waals surface area contributed by atoms with E-state index in [0.717, 1.165) is 29.7 Å². The van der Waals surface area contributed by atoms with Crippen molar-refractivity contribution in [3.63, 3.8) is 0 Å². The number of unbranched alkanes of at least 4 members (excludes halogenated alkanes) is 1. The van der Waals surface area contributed by atoms with Gasteiger partial charge >= 0.3 is 0 Å². The van der Waals surface area contributed by atoms with Gasteiger partial charge in [-0.1, -0.05) is 13.3 Å². The molecule has 1 aliphatic heterocycles. The molecule has 1 aromatic carbocycles. The van der Waals surface area contributed by atoms with Crippen LogP contribution < -0.4 is 0 Å². The molecule has 2 amide bonds. The van der Waals surface area contributed by atoms with Gasteiger partial charge in [-0.25, -0.2) is 4.98 Å². The summed E-state index contributed by atoms with van der Waals surface area (Å²) in [6, 6.07) is 5.83. The van der Waals surface area contributed by atoms with E-state index in [4.69, 9.17) is 4.98 Å². The van der Waals surface area contributed by atoms with Gasteiger partial charge in [-0.3, -0.25) is 9.59 Å². The van der Waals surface area contributed by atoms with Gasteiger partial charge in [0.05, 0.1) is 11.0 Å². The second-order valence-electron chi connectivity index (χ2n) is 7.78. The third-order valence-electron chi connectivity index (χ3n) is 5.77. The fraction of sp³-hybridized carbons (Fsp3) is 0.571. The van der Waals surface area contributed by atoms with Gasteiger partial charge in [0.15, 0.2) is 0 Å². The molecule has 4 rings (SSSR count). The number of aryl methyl sites for hydroxylation is 1. The van der Waals surface area contributed by atoms with Crippen LogP contribution in [0.5, 0.6) is 0 Å². The highest BCUT2D eigenvalue weighted by Crippen LogP contribution is 2.40. The molecular weight excluding hydrogens is 340 g/mol. The first-order valence-electron chi connectivity index (χ1n) is 10.1. The molecule has 2 heterocycles. The van der Waals surface area contributed by atoms with E-state index in [0.29, 0.717) is 44.1 Å². The van der Waals surface area contributed by atoms with Crippen LogP contribution in [0.15, 0.2) is 18.2 Å². The van der Waals surface area contributed by atoms with Crippen LogP contribution in [0.4, 0.5) is 0 Å². The summed E-state index contributed by atoms with van der Waals surface area (Å²) in [5.41, 5.74) is 2.67. The molecule has 0 unspecified atom stereocenters. The van der Waals surface area contributed by atoms with Crippen LogP contribution in [-0.2, 0) is 11.8 Å². The Kier molecular flexibility index (Phi) is 4.89. The second kappa shape index (κ2) is 7.33. The first-order valence-corrected chi connectivity index (χ1v) is 10.1. The number of piperazine rings is 1. The maximum atomic E-state index is 12.9. The molecule has 1 saturated heterocycles. The molecule has 1 saturated carbocycles. The Bertz CT molecular complexity index is 860. The van der Waals surface area contributed by atoms with Crippen molar-refractivity contribution in [2.45, 2.75) is 44.9 Å². The van der Waals surface area contributed by atoms with E-state index >= 15 is 0 Å². The van der Waals surface area contributed by atoms with Crippen molar-refractivity contribution in [1.29, 1.82) is 0 Å². The van der Waals surface area contributed by atoms with Crippen molar-refractivity contribution >= 4 is 22.8 Å². The summed E-state index contributed by atoms with van der Waals surface area (Å²) in [6.07, 6.45) is 5.01. The van der Waals surface area contributed by atoms with Crippen molar-refractivity contribution in [2.24, 2.45) is 7.05 Å². The molecule has 6 heteroatoms. The van der Waals surface area contributed by atoms with Crippen LogP contribution in [0.1, 0.15) is 61.1 Å². The van der Waals surface area contributed by atoms with Gasteiger partial charge in [0, 0.05) is 51.1 Å². The van der Waals surface area contributed by atoms with E-state index in [9.17, 15) is 9.59 Å². The first kappa shape index (κ1) is 18.0. The zero-order chi connectivity index (χ0) is 19.0. The largest absolute Gasteiger partial charge is 0.339 e. The number of hydrogen-bond acceptors (Lipinski definition) is 3. The quantitative estimate of drug-likeness (QED) is 0.815. The van der Waals surface area contributed by atoms with E-state index < -0.39 is 0 Å². The third kappa shape index (κ3) is 3.57. The Hall–Kier alpha value is -2.37. The number of carbonyl (C=O) groups excluding carboxylic acids is 2. The molecule has 27 heavy (non-hydrogen) atoms. The average Bonchev–Trinajstić information content (AvgIpc) is 3.49. The number of benzene rings is 1. The van der Waals surface area contributed by atoms with Gasteiger partial charge < -0.3 is 14.4 Å². The molecule has 2 fully saturated rings. The van der Waals surface area contributed by atoms with Crippen molar-refractivity contribution in [3.8, 4) is 0 Å². The number of nitrogens with zero attached hydrogens (tertiary/aromatic N) is 4. The molecule has 0 atom stereocenters. The monoisotopic (exact) mass is 368 g/mol. The SMILES string of the molecule is CCCCC(=O)N1CCN(C(=O)c2ccc3c(c2)nc(C2CC2)n3C)CC1. The summed E-state index contributed by atoms with van der Waals surface area (Å²) >= 11 is 0. The molecule has 6 nitrogen and oxygen atoms in total. The van der Waals surface area contributed by atoms with Gasteiger partial charge in [0.1, 0.15) is 5.82 Å². The summed E-state index contributed by atoms with van der Waals surface area (Å²) in [7, 11) is 2.05. The Morgan fingerprint density at radius 2 is 1.81 bits per heavy atom. The highest BCUT2D eigenvalue weighted by molar-refractivity contribution is 5.97. The molecule has 2 aliphatic rings. The van der Waals surface area contributed by atoms with Crippen LogP contribution in [-0.4, -0.2) is 57.3 Å². The summed E-state index contributed by atoms with van der Waals surface area (Å²) in [5.74, 6) is 1.97. The summed E-state index contributed by atoms with van der Waals surface area (Å²) < 4.78 is 2.15. The predicted molar refractivity (Wildman–Crippen MR) is 105 cm³/mol. The molecule has 0 bridgehead atoms. The van der Waals surface area contributed by atoms with E-state index in [1.54, 1.807) is 0 Å². The van der Waals surface area contributed by atoms with E-state index in [1.807, 2.05) is 28.0 Å². The number of imidazole rings is 1. The number of hydrogen-bond donors (Lipinski definition) is 0. The van der Waals surface area contributed by atoms with Gasteiger partial charge in [-0.05, 0) is 37.5 Å². The van der Waals surface area contributed by atoms with Crippen molar-refractivity contribution < 1.29 is 9.59 Å². The first-order chi connectivity index (χ1) is 13.1. The topological polar surface area (TPSA) is 58.4 Å². The van der Waals surface area contributed by atoms with Gasteiger partial charge in [-0.15, -0.1) is 0 Å². The zero-order valence-electron chi connectivity index (χ0n) is 16.3. The molecule has 0 radical (unpaired) electrons. The highest BCUT2D eigenvalue weighted by Gasteiger charge is 2.29. The number of carbonyl (C=O) groups is 2. The zero-order valence-corrected chi connectivity index (χ0v) is 16.3. The van der Waals surface area contributed by atoms with Crippen molar-refractivity contribution in [2.75, 3.05) is 26.2 Å². The number of amides is 2. The van der Waals surface area contributed by atoms with E-state index in [2.05, 4.69) is 18.5 Å². The highest BCUT2D eigenvalue weighted by atomic mass is 16.2.